The zero-order valence-electron chi connectivity index (χ0n) is 9.94. The minimum absolute atomic E-state index is 0.245. The number of hydrogen-bond donors (Lipinski definition) is 1. The fraction of sp³-hybridized carbons (Fsp3) is 0.154. The summed E-state index contributed by atoms with van der Waals surface area (Å²) in [5.74, 6) is 0.827. The molecule has 0 aliphatic heterocycles. The summed E-state index contributed by atoms with van der Waals surface area (Å²) >= 11 is 6.26. The monoisotopic (exact) mass is 264 g/mol. The first-order chi connectivity index (χ1) is 8.58. The van der Waals surface area contributed by atoms with Crippen LogP contribution < -0.4 is 10.5 Å². The van der Waals surface area contributed by atoms with E-state index in [1.165, 1.54) is 0 Å². The van der Waals surface area contributed by atoms with E-state index in [2.05, 4.69) is 11.7 Å². The Morgan fingerprint density at radius 2 is 2.33 bits per heavy atom. The van der Waals surface area contributed by atoms with Crippen molar-refractivity contribution in [3.05, 3.63) is 41.4 Å². The maximum atomic E-state index is 6.26. The molecule has 2 rings (SSSR count). The number of benzene rings is 1. The second kappa shape index (κ2) is 5.14. The van der Waals surface area contributed by atoms with Gasteiger partial charge in [-0.3, -0.25) is 0 Å². The van der Waals surface area contributed by atoms with Gasteiger partial charge in [-0.25, -0.2) is 0 Å². The quantitative estimate of drug-likeness (QED) is 0.858. The van der Waals surface area contributed by atoms with Gasteiger partial charge < -0.3 is 15.0 Å². The Kier molecular flexibility index (Phi) is 3.58. The number of hydrogen-bond acceptors (Lipinski definition) is 4. The average Bonchev–Trinajstić information content (AvgIpc) is 2.74. The van der Waals surface area contributed by atoms with Crippen LogP contribution in [0.2, 0.25) is 5.02 Å². The molecule has 1 heterocycles. The van der Waals surface area contributed by atoms with Gasteiger partial charge >= 0.3 is 0 Å². The van der Waals surface area contributed by atoms with Crippen molar-refractivity contribution in [3.63, 3.8) is 0 Å². The fourth-order valence-corrected chi connectivity index (χ4v) is 1.71. The lowest BCUT2D eigenvalue weighted by molar-refractivity contribution is 0.353. The molecule has 0 aliphatic carbocycles. The predicted octanol–water partition coefficient (Wildman–Crippen LogP) is 3.53. The van der Waals surface area contributed by atoms with Crippen LogP contribution >= 0.6 is 11.6 Å². The third kappa shape index (κ3) is 2.65. The molecule has 0 saturated heterocycles. The number of aromatic nitrogens is 1. The number of ether oxygens (including phenoxy) is 1. The van der Waals surface area contributed by atoms with Crippen molar-refractivity contribution in [2.45, 2.75) is 6.92 Å². The van der Waals surface area contributed by atoms with Crippen LogP contribution in [0.4, 0.5) is 5.88 Å². The summed E-state index contributed by atoms with van der Waals surface area (Å²) in [6, 6.07) is 7.06. The lowest BCUT2D eigenvalue weighted by Crippen LogP contribution is -1.98. The summed E-state index contributed by atoms with van der Waals surface area (Å²) in [6.45, 7) is 6.08. The lowest BCUT2D eigenvalue weighted by atomic mass is 10.1. The van der Waals surface area contributed by atoms with E-state index >= 15 is 0 Å². The summed E-state index contributed by atoms with van der Waals surface area (Å²) in [7, 11) is 0. The van der Waals surface area contributed by atoms with Gasteiger partial charge in [-0.1, -0.05) is 35.5 Å². The van der Waals surface area contributed by atoms with Gasteiger partial charge in [0.05, 0.1) is 5.02 Å². The van der Waals surface area contributed by atoms with Crippen LogP contribution in [0.15, 0.2) is 40.9 Å². The van der Waals surface area contributed by atoms with E-state index in [-0.39, 0.29) is 5.88 Å². The standard InChI is InChI=1S/C13H13ClN2O2/c1-8(2)7-17-11-5-3-4-9(13(11)14)10-6-12(15)18-16-10/h3-6H,1,7,15H2,2H3. The van der Waals surface area contributed by atoms with E-state index in [1.807, 2.05) is 19.1 Å². The van der Waals surface area contributed by atoms with Gasteiger partial charge in [0, 0.05) is 11.6 Å². The molecule has 0 saturated carbocycles. The molecule has 0 fully saturated rings. The molecule has 94 valence electrons. The highest BCUT2D eigenvalue weighted by molar-refractivity contribution is 6.34. The summed E-state index contributed by atoms with van der Waals surface area (Å²) in [6.07, 6.45) is 0. The Balaban J connectivity index is 2.32. The van der Waals surface area contributed by atoms with Gasteiger partial charge in [0.15, 0.2) is 0 Å². The minimum Gasteiger partial charge on any atom is -0.488 e. The molecule has 0 bridgehead atoms. The predicted molar refractivity (Wildman–Crippen MR) is 71.7 cm³/mol. The topological polar surface area (TPSA) is 61.3 Å². The van der Waals surface area contributed by atoms with Gasteiger partial charge in [-0.2, -0.15) is 0 Å². The SMILES string of the molecule is C=C(C)COc1cccc(-c2cc(N)on2)c1Cl. The van der Waals surface area contributed by atoms with Gasteiger partial charge in [0.1, 0.15) is 18.1 Å². The molecular weight excluding hydrogens is 252 g/mol. The molecular formula is C13H13ClN2O2. The maximum absolute atomic E-state index is 6.26. The van der Waals surface area contributed by atoms with Crippen molar-refractivity contribution >= 4 is 17.5 Å². The van der Waals surface area contributed by atoms with Crippen LogP contribution in [0.25, 0.3) is 11.3 Å². The molecule has 18 heavy (non-hydrogen) atoms. The van der Waals surface area contributed by atoms with E-state index in [1.54, 1.807) is 12.1 Å². The normalized spacial score (nSPS) is 10.3. The molecule has 4 nitrogen and oxygen atoms in total. The molecule has 0 amide bonds. The van der Waals surface area contributed by atoms with Gasteiger partial charge in [0.2, 0.25) is 5.88 Å². The molecule has 0 atom stereocenters. The molecule has 0 unspecified atom stereocenters. The maximum Gasteiger partial charge on any atom is 0.222 e. The van der Waals surface area contributed by atoms with Crippen molar-refractivity contribution in [1.29, 1.82) is 0 Å². The van der Waals surface area contributed by atoms with E-state index in [0.717, 1.165) is 11.1 Å². The lowest BCUT2D eigenvalue weighted by Gasteiger charge is -2.09. The molecule has 0 radical (unpaired) electrons. The van der Waals surface area contributed by atoms with Crippen molar-refractivity contribution in [2.75, 3.05) is 12.3 Å². The second-order valence-corrected chi connectivity index (χ2v) is 4.36. The number of nitrogens with two attached hydrogens (primary N) is 1. The Morgan fingerprint density at radius 3 is 2.94 bits per heavy atom. The first-order valence-corrected chi connectivity index (χ1v) is 5.74. The smallest absolute Gasteiger partial charge is 0.222 e. The largest absolute Gasteiger partial charge is 0.488 e. The Labute approximate surface area is 110 Å². The van der Waals surface area contributed by atoms with E-state index in [9.17, 15) is 0 Å². The summed E-state index contributed by atoms with van der Waals surface area (Å²) in [5, 5.41) is 4.30. The number of halogens is 1. The Bertz CT molecular complexity index is 578. The van der Waals surface area contributed by atoms with Crippen LogP contribution in [-0.4, -0.2) is 11.8 Å². The summed E-state index contributed by atoms with van der Waals surface area (Å²) in [5.41, 5.74) is 7.71. The summed E-state index contributed by atoms with van der Waals surface area (Å²) < 4.78 is 10.4. The third-order valence-electron chi connectivity index (χ3n) is 2.24. The van der Waals surface area contributed by atoms with Crippen LogP contribution in [0.1, 0.15) is 6.92 Å². The molecule has 1 aromatic heterocycles. The van der Waals surface area contributed by atoms with E-state index in [4.69, 9.17) is 26.6 Å². The average molecular weight is 265 g/mol. The third-order valence-corrected chi connectivity index (χ3v) is 2.63. The zero-order valence-corrected chi connectivity index (χ0v) is 10.7. The number of nitrogens with zero attached hydrogens (tertiary/aromatic N) is 1. The van der Waals surface area contributed by atoms with Crippen molar-refractivity contribution in [3.8, 4) is 17.0 Å². The highest BCUT2D eigenvalue weighted by Crippen LogP contribution is 2.35. The van der Waals surface area contributed by atoms with E-state index < -0.39 is 0 Å². The Hall–Kier alpha value is -1.94. The van der Waals surface area contributed by atoms with Gasteiger partial charge in [-0.05, 0) is 18.6 Å². The van der Waals surface area contributed by atoms with Crippen LogP contribution in [0.3, 0.4) is 0 Å². The van der Waals surface area contributed by atoms with Crippen molar-refractivity contribution < 1.29 is 9.26 Å². The van der Waals surface area contributed by atoms with Crippen LogP contribution in [0.5, 0.6) is 5.75 Å². The first kappa shape index (κ1) is 12.5. The minimum atomic E-state index is 0.245. The molecule has 0 aliphatic rings. The number of rotatable bonds is 4. The van der Waals surface area contributed by atoms with Gasteiger partial charge in [-0.15, -0.1) is 0 Å². The first-order valence-electron chi connectivity index (χ1n) is 5.36. The molecule has 2 N–H and O–H groups in total. The van der Waals surface area contributed by atoms with Crippen molar-refractivity contribution in [1.82, 2.24) is 5.16 Å². The molecule has 5 heteroatoms. The van der Waals surface area contributed by atoms with Crippen LogP contribution in [0, 0.1) is 0 Å². The zero-order chi connectivity index (χ0) is 13.1. The van der Waals surface area contributed by atoms with Gasteiger partial charge in [0.25, 0.3) is 0 Å². The molecule has 0 spiro atoms. The van der Waals surface area contributed by atoms with E-state index in [0.29, 0.717) is 23.1 Å². The highest BCUT2D eigenvalue weighted by atomic mass is 35.5. The van der Waals surface area contributed by atoms with Crippen LogP contribution in [-0.2, 0) is 0 Å². The summed E-state index contributed by atoms with van der Waals surface area (Å²) in [4.78, 5) is 0. The number of anilines is 1. The molecule has 2 aromatic rings. The highest BCUT2D eigenvalue weighted by Gasteiger charge is 2.12. The fourth-order valence-electron chi connectivity index (χ4n) is 1.44. The molecule has 1 aromatic carbocycles. The number of nitrogen functional groups attached to an aromatic ring is 1. The second-order valence-electron chi connectivity index (χ2n) is 3.98. The Morgan fingerprint density at radius 1 is 1.56 bits per heavy atom. The van der Waals surface area contributed by atoms with Crippen molar-refractivity contribution in [2.24, 2.45) is 0 Å².